The Kier molecular flexibility index (Phi) is 6.29. The molecule has 4 aromatic carbocycles. The monoisotopic (exact) mass is 490 g/mol. The van der Waals surface area contributed by atoms with Crippen LogP contribution < -0.4 is 0 Å². The molecule has 6 aromatic rings. The Morgan fingerprint density at radius 3 is 0.921 bits per heavy atom. The van der Waals surface area contributed by atoms with Gasteiger partial charge in [0.2, 0.25) is 0 Å². The van der Waals surface area contributed by atoms with E-state index in [0.29, 0.717) is 0 Å². The van der Waals surface area contributed by atoms with Gasteiger partial charge in [-0.25, -0.2) is 0 Å². The molecule has 6 rings (SSSR count). The fourth-order valence-corrected chi connectivity index (χ4v) is 4.99. The van der Waals surface area contributed by atoms with Crippen molar-refractivity contribution in [3.63, 3.8) is 0 Å². The van der Waals surface area contributed by atoms with Crippen LogP contribution in [0.1, 0.15) is 11.1 Å². The Hall–Kier alpha value is -4.96. The van der Waals surface area contributed by atoms with Crippen LogP contribution in [0.5, 0.6) is 0 Å². The van der Waals surface area contributed by atoms with E-state index in [4.69, 9.17) is 19.9 Å². The molecule has 4 heteroatoms. The summed E-state index contributed by atoms with van der Waals surface area (Å²) in [6, 6.07) is 33.4. The Morgan fingerprint density at radius 1 is 0.316 bits per heavy atom. The fraction of sp³-hybridized carbons (Fsp3) is 0.0588. The second kappa shape index (κ2) is 10.2. The molecule has 0 bridgehead atoms. The van der Waals surface area contributed by atoms with Crippen molar-refractivity contribution in [1.82, 2.24) is 19.9 Å². The molecule has 0 fully saturated rings. The zero-order chi connectivity index (χ0) is 25.9. The average Bonchev–Trinajstić information content (AvgIpc) is 2.98. The molecule has 38 heavy (non-hydrogen) atoms. The van der Waals surface area contributed by atoms with Crippen molar-refractivity contribution in [1.29, 1.82) is 0 Å². The summed E-state index contributed by atoms with van der Waals surface area (Å²) < 4.78 is 0. The number of benzene rings is 4. The minimum Gasteiger partial charge on any atom is -0.252 e. The maximum Gasteiger partial charge on any atom is 0.0971 e. The fourth-order valence-electron chi connectivity index (χ4n) is 4.99. The van der Waals surface area contributed by atoms with Crippen molar-refractivity contribution in [2.45, 2.75) is 13.8 Å². The summed E-state index contributed by atoms with van der Waals surface area (Å²) in [5.74, 6) is 0. The Bertz CT molecular complexity index is 1630. The number of rotatable bonds is 5. The highest BCUT2D eigenvalue weighted by Gasteiger charge is 2.20. The topological polar surface area (TPSA) is 51.6 Å². The highest BCUT2D eigenvalue weighted by atomic mass is 14.8. The molecule has 0 spiro atoms. The number of aromatic nitrogens is 4. The van der Waals surface area contributed by atoms with E-state index in [1.807, 2.05) is 24.3 Å². The van der Waals surface area contributed by atoms with E-state index in [-0.39, 0.29) is 0 Å². The summed E-state index contributed by atoms with van der Waals surface area (Å²) in [4.78, 5) is 19.2. The quantitative estimate of drug-likeness (QED) is 0.244. The molecule has 2 heterocycles. The summed E-state index contributed by atoms with van der Waals surface area (Å²) in [5, 5.41) is 0. The zero-order valence-electron chi connectivity index (χ0n) is 21.3. The molecule has 0 aliphatic carbocycles. The van der Waals surface area contributed by atoms with E-state index >= 15 is 0 Å². The smallest absolute Gasteiger partial charge is 0.0971 e. The first-order valence-electron chi connectivity index (χ1n) is 12.7. The lowest BCUT2D eigenvalue weighted by molar-refractivity contribution is 1.20. The van der Waals surface area contributed by atoms with Gasteiger partial charge in [-0.05, 0) is 36.1 Å². The van der Waals surface area contributed by atoms with E-state index in [1.165, 1.54) is 0 Å². The highest BCUT2D eigenvalue weighted by molar-refractivity contribution is 5.95. The molecule has 0 aliphatic rings. The van der Waals surface area contributed by atoms with Gasteiger partial charge in [0.25, 0.3) is 0 Å². The van der Waals surface area contributed by atoms with Crippen LogP contribution in [0, 0.1) is 13.8 Å². The minimum atomic E-state index is 0.852. The van der Waals surface area contributed by atoms with Gasteiger partial charge in [-0.1, -0.05) is 97.1 Å². The van der Waals surface area contributed by atoms with Crippen LogP contribution in [0.15, 0.2) is 122 Å². The molecule has 182 valence electrons. The maximum atomic E-state index is 4.84. The molecule has 0 saturated carbocycles. The number of aryl methyl sites for hydroxylation is 2. The Morgan fingerprint density at radius 2 is 0.579 bits per heavy atom. The van der Waals surface area contributed by atoms with Crippen LogP contribution in [-0.2, 0) is 0 Å². The summed E-state index contributed by atoms with van der Waals surface area (Å²) in [6.07, 6.45) is 7.04. The van der Waals surface area contributed by atoms with Gasteiger partial charge in [0.1, 0.15) is 0 Å². The summed E-state index contributed by atoms with van der Waals surface area (Å²) in [5.41, 5.74) is 12.1. The van der Waals surface area contributed by atoms with E-state index in [2.05, 4.69) is 86.6 Å². The molecule has 2 aromatic heterocycles. The van der Waals surface area contributed by atoms with E-state index in [9.17, 15) is 0 Å². The van der Waals surface area contributed by atoms with Crippen LogP contribution in [0.2, 0.25) is 0 Å². The Labute approximate surface area is 222 Å². The summed E-state index contributed by atoms with van der Waals surface area (Å²) in [7, 11) is 0. The predicted molar refractivity (Wildman–Crippen MR) is 154 cm³/mol. The van der Waals surface area contributed by atoms with Gasteiger partial charge in [-0.2, -0.15) is 0 Å². The van der Waals surface area contributed by atoms with Crippen LogP contribution >= 0.6 is 0 Å². The van der Waals surface area contributed by atoms with Crippen LogP contribution in [0.25, 0.3) is 56.2 Å². The largest absolute Gasteiger partial charge is 0.252 e. The van der Waals surface area contributed by atoms with Crippen molar-refractivity contribution in [2.75, 3.05) is 0 Å². The van der Waals surface area contributed by atoms with Gasteiger partial charge >= 0.3 is 0 Å². The first-order chi connectivity index (χ1) is 18.7. The lowest BCUT2D eigenvalue weighted by atomic mass is 9.89. The van der Waals surface area contributed by atoms with Gasteiger partial charge in [-0.15, -0.1) is 0 Å². The standard InChI is InChI=1S/C34H26N4/c1-23-11-3-5-13-25(23)31-33(37-21-19-35-31)29-17-9-7-15-27(29)28-16-8-10-18-30(28)34-32(36-20-22-38-34)26-14-6-4-12-24(26)2/h3-22H,1-2H3. The normalized spacial score (nSPS) is 10.9. The predicted octanol–water partition coefficient (Wildman–Crippen LogP) is 8.22. The van der Waals surface area contributed by atoms with E-state index < -0.39 is 0 Å². The van der Waals surface area contributed by atoms with E-state index in [0.717, 1.165) is 67.3 Å². The zero-order valence-corrected chi connectivity index (χ0v) is 21.3. The SMILES string of the molecule is Cc1ccccc1-c1nccnc1-c1ccccc1-c1ccccc1-c1nccnc1-c1ccccc1C. The van der Waals surface area contributed by atoms with Crippen LogP contribution in [0.3, 0.4) is 0 Å². The van der Waals surface area contributed by atoms with Crippen LogP contribution in [0.4, 0.5) is 0 Å². The van der Waals surface area contributed by atoms with Gasteiger partial charge in [0.15, 0.2) is 0 Å². The van der Waals surface area contributed by atoms with Gasteiger partial charge in [0.05, 0.1) is 22.8 Å². The Balaban J connectivity index is 1.57. The second-order valence-corrected chi connectivity index (χ2v) is 9.23. The highest BCUT2D eigenvalue weighted by Crippen LogP contribution is 2.41. The third-order valence-electron chi connectivity index (χ3n) is 6.85. The molecule has 0 radical (unpaired) electrons. The number of hydrogen-bond donors (Lipinski definition) is 0. The summed E-state index contributed by atoms with van der Waals surface area (Å²) >= 11 is 0. The van der Waals surface area contributed by atoms with E-state index in [1.54, 1.807) is 24.8 Å². The maximum absolute atomic E-state index is 4.84. The van der Waals surface area contributed by atoms with Crippen molar-refractivity contribution >= 4 is 0 Å². The molecule has 4 nitrogen and oxygen atoms in total. The summed E-state index contributed by atoms with van der Waals surface area (Å²) in [6.45, 7) is 4.21. The molecular formula is C34H26N4. The van der Waals surface area contributed by atoms with Gasteiger partial charge < -0.3 is 0 Å². The first-order valence-corrected chi connectivity index (χ1v) is 12.7. The molecule has 0 amide bonds. The lowest BCUT2D eigenvalue weighted by Gasteiger charge is -2.17. The number of hydrogen-bond acceptors (Lipinski definition) is 4. The molecule has 0 saturated heterocycles. The minimum absolute atomic E-state index is 0.852. The number of nitrogens with zero attached hydrogens (tertiary/aromatic N) is 4. The molecular weight excluding hydrogens is 464 g/mol. The lowest BCUT2D eigenvalue weighted by Crippen LogP contribution is -1.98. The van der Waals surface area contributed by atoms with Crippen LogP contribution in [-0.4, -0.2) is 19.9 Å². The molecule has 0 N–H and O–H groups in total. The first kappa shape index (κ1) is 23.4. The average molecular weight is 491 g/mol. The van der Waals surface area contributed by atoms with Gasteiger partial charge in [0, 0.05) is 47.0 Å². The van der Waals surface area contributed by atoms with Gasteiger partial charge in [-0.3, -0.25) is 19.9 Å². The third kappa shape index (κ3) is 4.27. The van der Waals surface area contributed by atoms with Crippen molar-refractivity contribution in [3.05, 3.63) is 133 Å². The van der Waals surface area contributed by atoms with Crippen molar-refractivity contribution in [3.8, 4) is 56.2 Å². The third-order valence-corrected chi connectivity index (χ3v) is 6.85. The molecule has 0 atom stereocenters. The molecule has 0 aliphatic heterocycles. The molecule has 0 unspecified atom stereocenters. The van der Waals surface area contributed by atoms with Crippen molar-refractivity contribution < 1.29 is 0 Å². The van der Waals surface area contributed by atoms with Crippen molar-refractivity contribution in [2.24, 2.45) is 0 Å². The second-order valence-electron chi connectivity index (χ2n) is 9.23.